The Hall–Kier alpha value is -1.20. The second kappa shape index (κ2) is 4.48. The van der Waals surface area contributed by atoms with Crippen LogP contribution < -0.4 is 10.6 Å². The van der Waals surface area contributed by atoms with Crippen molar-refractivity contribution < 1.29 is 4.74 Å². The Balaban J connectivity index is 1.89. The van der Waals surface area contributed by atoms with Crippen LogP contribution in [-0.4, -0.2) is 35.3 Å². The molecule has 4 nitrogen and oxygen atoms in total. The number of nitrogens with zero attached hydrogens (tertiary/aromatic N) is 2. The van der Waals surface area contributed by atoms with Crippen molar-refractivity contribution in [2.45, 2.75) is 32.0 Å². The van der Waals surface area contributed by atoms with Gasteiger partial charge in [0.1, 0.15) is 10.8 Å². The summed E-state index contributed by atoms with van der Waals surface area (Å²) in [5.41, 5.74) is 7.56. The highest BCUT2D eigenvalue weighted by Crippen LogP contribution is 2.29. The summed E-state index contributed by atoms with van der Waals surface area (Å²) in [6, 6.07) is 3.92. The van der Waals surface area contributed by atoms with Crippen LogP contribution in [0.25, 0.3) is 0 Å². The molecule has 0 aliphatic carbocycles. The number of aryl methyl sites for hydroxylation is 1. The molecule has 3 heterocycles. The highest BCUT2D eigenvalue weighted by Gasteiger charge is 2.34. The first-order chi connectivity index (χ1) is 8.61. The Labute approximate surface area is 112 Å². The van der Waals surface area contributed by atoms with E-state index in [0.717, 1.165) is 43.0 Å². The van der Waals surface area contributed by atoms with Gasteiger partial charge in [-0.05, 0) is 31.9 Å². The number of aromatic nitrogens is 1. The molecule has 2 atom stereocenters. The number of morpholine rings is 1. The lowest BCUT2D eigenvalue weighted by molar-refractivity contribution is 0.0302. The summed E-state index contributed by atoms with van der Waals surface area (Å²) in [6.07, 6.45) is 3.04. The normalized spacial score (nSPS) is 26.4. The third-order valence-electron chi connectivity index (χ3n) is 3.59. The zero-order valence-electron chi connectivity index (χ0n) is 10.4. The molecule has 2 aliphatic rings. The molecule has 2 fully saturated rings. The Morgan fingerprint density at radius 1 is 1.39 bits per heavy atom. The van der Waals surface area contributed by atoms with E-state index in [1.54, 1.807) is 0 Å². The molecule has 2 saturated heterocycles. The van der Waals surface area contributed by atoms with Crippen LogP contribution in [0.2, 0.25) is 0 Å². The standard InChI is InChI=1S/C13H17N3OS/c1-8-4-9(13(14)18)5-12(15-8)16-6-10-2-3-11(7-16)17-10/h4-5,10-11H,2-3,6-7H2,1H3,(H2,14,18). The Kier molecular flexibility index (Phi) is 2.95. The van der Waals surface area contributed by atoms with Gasteiger partial charge in [-0.2, -0.15) is 0 Å². The molecule has 0 aromatic carbocycles. The molecule has 0 saturated carbocycles. The van der Waals surface area contributed by atoms with E-state index in [4.69, 9.17) is 22.7 Å². The number of hydrogen-bond donors (Lipinski definition) is 1. The largest absolute Gasteiger partial charge is 0.389 e. The van der Waals surface area contributed by atoms with Gasteiger partial charge in [-0.1, -0.05) is 12.2 Å². The van der Waals surface area contributed by atoms with E-state index in [2.05, 4.69) is 9.88 Å². The molecular formula is C13H17N3OS. The molecule has 18 heavy (non-hydrogen) atoms. The summed E-state index contributed by atoms with van der Waals surface area (Å²) in [5.74, 6) is 0.970. The zero-order valence-corrected chi connectivity index (χ0v) is 11.2. The average molecular weight is 263 g/mol. The summed E-state index contributed by atoms with van der Waals surface area (Å²) in [4.78, 5) is 7.31. The molecular weight excluding hydrogens is 246 g/mol. The maximum atomic E-state index is 5.84. The maximum absolute atomic E-state index is 5.84. The molecule has 1 aromatic heterocycles. The SMILES string of the molecule is Cc1cc(C(N)=S)cc(N2CC3CCC(C2)O3)n1. The molecule has 2 aliphatic heterocycles. The first-order valence-electron chi connectivity index (χ1n) is 6.31. The summed E-state index contributed by atoms with van der Waals surface area (Å²) >= 11 is 5.05. The van der Waals surface area contributed by atoms with Crippen LogP contribution in [0.4, 0.5) is 5.82 Å². The van der Waals surface area contributed by atoms with E-state index >= 15 is 0 Å². The molecule has 0 spiro atoms. The van der Waals surface area contributed by atoms with Crippen LogP contribution in [0, 0.1) is 6.92 Å². The van der Waals surface area contributed by atoms with Crippen molar-refractivity contribution in [3.05, 3.63) is 23.4 Å². The van der Waals surface area contributed by atoms with Crippen molar-refractivity contribution in [2.75, 3.05) is 18.0 Å². The van der Waals surface area contributed by atoms with Gasteiger partial charge in [-0.15, -0.1) is 0 Å². The van der Waals surface area contributed by atoms with E-state index in [0.29, 0.717) is 17.2 Å². The lowest BCUT2D eigenvalue weighted by Crippen LogP contribution is -2.43. The van der Waals surface area contributed by atoms with Crippen molar-refractivity contribution in [1.82, 2.24) is 4.98 Å². The van der Waals surface area contributed by atoms with Crippen molar-refractivity contribution in [1.29, 1.82) is 0 Å². The number of thiocarbonyl (C=S) groups is 1. The predicted molar refractivity (Wildman–Crippen MR) is 75.0 cm³/mol. The topological polar surface area (TPSA) is 51.4 Å². The van der Waals surface area contributed by atoms with Crippen LogP contribution in [0.15, 0.2) is 12.1 Å². The van der Waals surface area contributed by atoms with Crippen LogP contribution in [0.3, 0.4) is 0 Å². The Bertz CT molecular complexity index is 479. The monoisotopic (exact) mass is 263 g/mol. The number of nitrogens with two attached hydrogens (primary N) is 1. The first-order valence-corrected chi connectivity index (χ1v) is 6.71. The Morgan fingerprint density at radius 2 is 2.06 bits per heavy atom. The lowest BCUT2D eigenvalue weighted by atomic mass is 10.2. The van der Waals surface area contributed by atoms with Crippen molar-refractivity contribution in [2.24, 2.45) is 5.73 Å². The van der Waals surface area contributed by atoms with Crippen molar-refractivity contribution in [3.63, 3.8) is 0 Å². The van der Waals surface area contributed by atoms with Crippen molar-refractivity contribution >= 4 is 23.0 Å². The summed E-state index contributed by atoms with van der Waals surface area (Å²) in [5, 5.41) is 0. The Morgan fingerprint density at radius 3 is 2.67 bits per heavy atom. The number of anilines is 1. The quantitative estimate of drug-likeness (QED) is 0.817. The van der Waals surface area contributed by atoms with Crippen LogP contribution in [-0.2, 0) is 4.74 Å². The predicted octanol–water partition coefficient (Wildman–Crippen LogP) is 1.39. The number of ether oxygens (including phenoxy) is 1. The minimum atomic E-state index is 0.361. The third-order valence-corrected chi connectivity index (χ3v) is 3.83. The van der Waals surface area contributed by atoms with Crippen LogP contribution >= 0.6 is 12.2 Å². The smallest absolute Gasteiger partial charge is 0.129 e. The molecule has 2 N–H and O–H groups in total. The minimum Gasteiger partial charge on any atom is -0.389 e. The summed E-state index contributed by atoms with van der Waals surface area (Å²) < 4.78 is 5.84. The van der Waals surface area contributed by atoms with Gasteiger partial charge in [-0.25, -0.2) is 4.98 Å². The molecule has 0 amide bonds. The highest BCUT2D eigenvalue weighted by molar-refractivity contribution is 7.80. The maximum Gasteiger partial charge on any atom is 0.129 e. The minimum absolute atomic E-state index is 0.361. The van der Waals surface area contributed by atoms with Gasteiger partial charge in [0, 0.05) is 24.3 Å². The van der Waals surface area contributed by atoms with Crippen LogP contribution in [0.5, 0.6) is 0 Å². The molecule has 3 rings (SSSR count). The second-order valence-electron chi connectivity index (χ2n) is 5.08. The van der Waals surface area contributed by atoms with E-state index in [1.807, 2.05) is 19.1 Å². The van der Waals surface area contributed by atoms with Gasteiger partial charge in [0.15, 0.2) is 0 Å². The fraction of sp³-hybridized carbons (Fsp3) is 0.538. The van der Waals surface area contributed by atoms with Gasteiger partial charge in [0.05, 0.1) is 12.2 Å². The molecule has 0 radical (unpaired) electrons. The fourth-order valence-electron chi connectivity index (χ4n) is 2.76. The fourth-order valence-corrected chi connectivity index (χ4v) is 2.88. The van der Waals surface area contributed by atoms with Gasteiger partial charge in [0.25, 0.3) is 0 Å². The van der Waals surface area contributed by atoms with Crippen LogP contribution in [0.1, 0.15) is 24.1 Å². The zero-order chi connectivity index (χ0) is 12.7. The van der Waals surface area contributed by atoms with Gasteiger partial charge >= 0.3 is 0 Å². The average Bonchev–Trinajstić information content (AvgIpc) is 2.67. The summed E-state index contributed by atoms with van der Waals surface area (Å²) in [6.45, 7) is 3.81. The van der Waals surface area contributed by atoms with Gasteiger partial charge in [-0.3, -0.25) is 0 Å². The second-order valence-corrected chi connectivity index (χ2v) is 5.52. The first kappa shape index (κ1) is 11.9. The van der Waals surface area contributed by atoms with Gasteiger partial charge < -0.3 is 15.4 Å². The lowest BCUT2D eigenvalue weighted by Gasteiger charge is -2.33. The number of rotatable bonds is 2. The third kappa shape index (κ3) is 2.20. The molecule has 2 unspecified atom stereocenters. The van der Waals surface area contributed by atoms with E-state index in [-0.39, 0.29) is 0 Å². The van der Waals surface area contributed by atoms with E-state index in [9.17, 15) is 0 Å². The number of hydrogen-bond acceptors (Lipinski definition) is 4. The molecule has 1 aromatic rings. The number of pyridine rings is 1. The molecule has 5 heteroatoms. The number of fused-ring (bicyclic) bond motifs is 2. The van der Waals surface area contributed by atoms with E-state index in [1.165, 1.54) is 0 Å². The highest BCUT2D eigenvalue weighted by atomic mass is 32.1. The molecule has 2 bridgehead atoms. The van der Waals surface area contributed by atoms with Crippen molar-refractivity contribution in [3.8, 4) is 0 Å². The van der Waals surface area contributed by atoms with E-state index < -0.39 is 0 Å². The molecule has 96 valence electrons. The summed E-state index contributed by atoms with van der Waals surface area (Å²) in [7, 11) is 0. The van der Waals surface area contributed by atoms with Gasteiger partial charge in [0.2, 0.25) is 0 Å².